The maximum absolute atomic E-state index is 11.6. The van der Waals surface area contributed by atoms with Crippen molar-refractivity contribution in [1.29, 1.82) is 0 Å². The number of hydrogen-bond acceptors (Lipinski definition) is 6. The Kier molecular flexibility index (Phi) is 6.74. The molecule has 8 nitrogen and oxygen atoms in total. The average molecular weight is 488 g/mol. The topological polar surface area (TPSA) is 79.2 Å². The van der Waals surface area contributed by atoms with Gasteiger partial charge in [-0.2, -0.15) is 5.10 Å². The van der Waals surface area contributed by atoms with Gasteiger partial charge in [0.1, 0.15) is 0 Å². The molecule has 0 atom stereocenters. The van der Waals surface area contributed by atoms with Crippen LogP contribution in [0.4, 0.5) is 11.6 Å². The first-order valence-corrected chi connectivity index (χ1v) is 11.9. The van der Waals surface area contributed by atoms with Crippen LogP contribution in [0.2, 0.25) is 5.02 Å². The van der Waals surface area contributed by atoms with Crippen LogP contribution in [0.25, 0.3) is 17.1 Å². The van der Waals surface area contributed by atoms with Gasteiger partial charge in [-0.05, 0) is 48.0 Å². The van der Waals surface area contributed by atoms with Gasteiger partial charge in [-0.1, -0.05) is 29.8 Å². The maximum Gasteiger partial charge on any atom is 0.227 e. The van der Waals surface area contributed by atoms with Gasteiger partial charge in [-0.15, -0.1) is 0 Å². The number of para-hydroxylation sites is 1. The number of aromatic nitrogens is 4. The highest BCUT2D eigenvalue weighted by molar-refractivity contribution is 6.31. The zero-order valence-electron chi connectivity index (χ0n) is 19.4. The number of nitrogens with one attached hydrogen (secondary N) is 1. The second kappa shape index (κ2) is 10.2. The van der Waals surface area contributed by atoms with Crippen LogP contribution in [0.1, 0.15) is 12.5 Å². The van der Waals surface area contributed by atoms with E-state index in [1.165, 1.54) is 0 Å². The lowest BCUT2D eigenvalue weighted by molar-refractivity contribution is -0.130. The Morgan fingerprint density at radius 2 is 1.80 bits per heavy atom. The number of carbonyl (C=O) groups is 1. The molecule has 178 valence electrons. The largest absolute Gasteiger partial charge is 0.340 e. The fourth-order valence-corrected chi connectivity index (χ4v) is 4.51. The summed E-state index contributed by atoms with van der Waals surface area (Å²) in [7, 11) is 0. The fourth-order valence-electron chi connectivity index (χ4n) is 4.26. The molecule has 0 aliphatic carbocycles. The molecule has 0 saturated carbocycles. The van der Waals surface area contributed by atoms with Crippen molar-refractivity contribution in [2.75, 3.05) is 31.5 Å². The summed E-state index contributed by atoms with van der Waals surface area (Å²) in [6.45, 7) is 5.57. The number of rotatable bonds is 6. The molecular weight excluding hydrogens is 462 g/mol. The third-order valence-corrected chi connectivity index (χ3v) is 6.22. The predicted molar refractivity (Wildman–Crippen MR) is 137 cm³/mol. The predicted octanol–water partition coefficient (Wildman–Crippen LogP) is 4.39. The average Bonchev–Trinajstić information content (AvgIpc) is 3.35. The van der Waals surface area contributed by atoms with Crippen molar-refractivity contribution in [1.82, 2.24) is 29.5 Å². The van der Waals surface area contributed by atoms with Crippen LogP contribution in [0.3, 0.4) is 0 Å². The number of benzene rings is 2. The molecular formula is C26H26ClN7O. The maximum atomic E-state index is 11.6. The van der Waals surface area contributed by atoms with Crippen LogP contribution in [0.5, 0.6) is 0 Å². The zero-order valence-corrected chi connectivity index (χ0v) is 20.2. The summed E-state index contributed by atoms with van der Waals surface area (Å²) in [5, 5.41) is 8.40. The van der Waals surface area contributed by atoms with Gasteiger partial charge >= 0.3 is 0 Å². The summed E-state index contributed by atoms with van der Waals surface area (Å²) in [6, 6.07) is 19.6. The molecule has 0 spiro atoms. The molecule has 9 heteroatoms. The summed E-state index contributed by atoms with van der Waals surface area (Å²) in [6.07, 6.45) is 3.49. The minimum Gasteiger partial charge on any atom is -0.340 e. The van der Waals surface area contributed by atoms with Crippen molar-refractivity contribution in [2.45, 2.75) is 13.5 Å². The Labute approximate surface area is 209 Å². The lowest BCUT2D eigenvalue weighted by Crippen LogP contribution is -2.47. The normalized spacial score (nSPS) is 14.2. The Bertz CT molecular complexity index is 1320. The van der Waals surface area contributed by atoms with Gasteiger partial charge in [0.15, 0.2) is 0 Å². The quantitative estimate of drug-likeness (QED) is 0.434. The van der Waals surface area contributed by atoms with Gasteiger partial charge in [-0.3, -0.25) is 9.69 Å². The third kappa shape index (κ3) is 5.50. The standard InChI is InChI=1S/C26H26ClN7O/c1-19(35)33-13-11-32(12-14-33)18-20-15-21(27)17-22(16-20)30-26-28-9-7-24(31-26)25-8-10-29-34(25)23-5-3-2-4-6-23/h2-10,15-17H,11-14,18H2,1H3,(H,28,30,31). The molecule has 2 aromatic carbocycles. The van der Waals surface area contributed by atoms with E-state index < -0.39 is 0 Å². The van der Waals surface area contributed by atoms with Gasteiger partial charge in [-0.25, -0.2) is 14.6 Å². The molecule has 2 aromatic heterocycles. The SMILES string of the molecule is CC(=O)N1CCN(Cc2cc(Cl)cc(Nc3nccc(-c4ccnn4-c4ccccc4)n3)c2)CC1. The Morgan fingerprint density at radius 1 is 1.00 bits per heavy atom. The van der Waals surface area contributed by atoms with Crippen molar-refractivity contribution in [3.63, 3.8) is 0 Å². The van der Waals surface area contributed by atoms with Crippen LogP contribution in [-0.4, -0.2) is 61.6 Å². The molecule has 1 fully saturated rings. The molecule has 1 saturated heterocycles. The van der Waals surface area contributed by atoms with E-state index in [1.807, 2.05) is 64.2 Å². The number of hydrogen-bond donors (Lipinski definition) is 1. The van der Waals surface area contributed by atoms with Crippen molar-refractivity contribution in [2.24, 2.45) is 0 Å². The minimum absolute atomic E-state index is 0.132. The summed E-state index contributed by atoms with van der Waals surface area (Å²) in [5.41, 5.74) is 4.51. The smallest absolute Gasteiger partial charge is 0.227 e. The van der Waals surface area contributed by atoms with E-state index in [2.05, 4.69) is 26.4 Å². The van der Waals surface area contributed by atoms with Gasteiger partial charge in [0.25, 0.3) is 0 Å². The van der Waals surface area contributed by atoms with E-state index in [0.29, 0.717) is 11.0 Å². The first kappa shape index (κ1) is 23.0. The third-order valence-electron chi connectivity index (χ3n) is 6.00. The molecule has 0 bridgehead atoms. The van der Waals surface area contributed by atoms with E-state index in [9.17, 15) is 4.79 Å². The molecule has 35 heavy (non-hydrogen) atoms. The van der Waals surface area contributed by atoms with Crippen LogP contribution in [-0.2, 0) is 11.3 Å². The second-order valence-corrected chi connectivity index (χ2v) is 8.92. The zero-order chi connectivity index (χ0) is 24.2. The summed E-state index contributed by atoms with van der Waals surface area (Å²) >= 11 is 6.44. The van der Waals surface area contributed by atoms with Crippen LogP contribution in [0.15, 0.2) is 73.1 Å². The first-order chi connectivity index (χ1) is 17.0. The lowest BCUT2D eigenvalue weighted by atomic mass is 10.1. The lowest BCUT2D eigenvalue weighted by Gasteiger charge is -2.34. The molecule has 5 rings (SSSR count). The van der Waals surface area contributed by atoms with Crippen molar-refractivity contribution < 1.29 is 4.79 Å². The monoisotopic (exact) mass is 487 g/mol. The van der Waals surface area contributed by atoms with Crippen molar-refractivity contribution in [3.8, 4) is 17.1 Å². The van der Waals surface area contributed by atoms with E-state index in [4.69, 9.17) is 16.6 Å². The Hall–Kier alpha value is -3.75. The highest BCUT2D eigenvalue weighted by Gasteiger charge is 2.19. The van der Waals surface area contributed by atoms with E-state index in [-0.39, 0.29) is 5.91 Å². The van der Waals surface area contributed by atoms with Crippen molar-refractivity contribution in [3.05, 3.63) is 83.6 Å². The molecule has 3 heterocycles. The van der Waals surface area contributed by atoms with Crippen molar-refractivity contribution >= 4 is 29.1 Å². The van der Waals surface area contributed by atoms with Gasteiger partial charge in [0, 0.05) is 56.6 Å². The summed E-state index contributed by atoms with van der Waals surface area (Å²) < 4.78 is 1.86. The van der Waals surface area contributed by atoms with Crippen LogP contribution >= 0.6 is 11.6 Å². The molecule has 1 aliphatic heterocycles. The van der Waals surface area contributed by atoms with Gasteiger partial charge in [0.05, 0.1) is 23.3 Å². The number of amides is 1. The number of piperazine rings is 1. The number of anilines is 2. The summed E-state index contributed by atoms with van der Waals surface area (Å²) in [4.78, 5) is 24.9. The highest BCUT2D eigenvalue weighted by atomic mass is 35.5. The summed E-state index contributed by atoms with van der Waals surface area (Å²) in [5.74, 6) is 0.611. The molecule has 1 N–H and O–H groups in total. The highest BCUT2D eigenvalue weighted by Crippen LogP contribution is 2.25. The van der Waals surface area contributed by atoms with Crippen LogP contribution < -0.4 is 5.32 Å². The van der Waals surface area contributed by atoms with E-state index in [0.717, 1.165) is 61.0 Å². The Morgan fingerprint density at radius 3 is 2.57 bits per heavy atom. The molecule has 4 aromatic rings. The molecule has 0 unspecified atom stereocenters. The molecule has 1 amide bonds. The number of nitrogens with zero attached hydrogens (tertiary/aromatic N) is 6. The Balaban J connectivity index is 1.32. The molecule has 0 radical (unpaired) electrons. The van der Waals surface area contributed by atoms with Crippen LogP contribution in [0, 0.1) is 0 Å². The molecule has 1 aliphatic rings. The van der Waals surface area contributed by atoms with E-state index >= 15 is 0 Å². The fraction of sp³-hybridized carbons (Fsp3) is 0.231. The number of halogens is 1. The minimum atomic E-state index is 0.132. The van der Waals surface area contributed by atoms with Gasteiger partial charge < -0.3 is 10.2 Å². The first-order valence-electron chi connectivity index (χ1n) is 11.5. The van der Waals surface area contributed by atoms with E-state index in [1.54, 1.807) is 19.3 Å². The van der Waals surface area contributed by atoms with Gasteiger partial charge in [0.2, 0.25) is 11.9 Å². The number of carbonyl (C=O) groups excluding carboxylic acids is 1. The second-order valence-electron chi connectivity index (χ2n) is 8.48.